The molecule has 238 valence electrons. The van der Waals surface area contributed by atoms with Gasteiger partial charge in [-0.15, -0.1) is 0 Å². The summed E-state index contributed by atoms with van der Waals surface area (Å²) in [4.78, 5) is 25.5. The zero-order chi connectivity index (χ0) is 31.6. The predicted molar refractivity (Wildman–Crippen MR) is 168 cm³/mol. The van der Waals surface area contributed by atoms with Crippen molar-refractivity contribution >= 4 is 28.8 Å². The molecule has 45 heavy (non-hydrogen) atoms. The lowest BCUT2D eigenvalue weighted by Gasteiger charge is -2.53. The lowest BCUT2D eigenvalue weighted by atomic mass is 9.53. The van der Waals surface area contributed by atoms with E-state index in [-0.39, 0.29) is 47.8 Å². The second-order valence-corrected chi connectivity index (χ2v) is 15.1. The SMILES string of the molecule is CC(C)(C)c1noc(C23CCC(CN(C(=O)C4CCC(F)(F)CC4)c4cccc(-c5cnn6cc(Cl)cnc56)c4)(CC2)CC3)n1. The topological polar surface area (TPSA) is 89.4 Å². The molecular formula is C34H39ClF2N6O2. The van der Waals surface area contributed by atoms with Gasteiger partial charge in [0.05, 0.1) is 17.4 Å². The van der Waals surface area contributed by atoms with Crippen LogP contribution in [0.1, 0.15) is 96.7 Å². The van der Waals surface area contributed by atoms with Gasteiger partial charge in [0.2, 0.25) is 17.7 Å². The van der Waals surface area contributed by atoms with Crippen molar-refractivity contribution in [2.24, 2.45) is 11.3 Å². The van der Waals surface area contributed by atoms with Crippen molar-refractivity contribution in [3.63, 3.8) is 0 Å². The monoisotopic (exact) mass is 636 g/mol. The summed E-state index contributed by atoms with van der Waals surface area (Å²) in [5, 5.41) is 9.21. The second kappa shape index (κ2) is 10.9. The fourth-order valence-electron chi connectivity index (χ4n) is 7.60. The number of aromatic nitrogens is 5. The molecule has 0 unspecified atom stereocenters. The van der Waals surface area contributed by atoms with E-state index in [1.54, 1.807) is 23.1 Å². The molecule has 0 N–H and O–H groups in total. The van der Waals surface area contributed by atoms with Gasteiger partial charge in [0.25, 0.3) is 0 Å². The molecule has 3 aromatic heterocycles. The molecule has 2 bridgehead atoms. The Hall–Kier alpha value is -3.40. The van der Waals surface area contributed by atoms with Crippen LogP contribution >= 0.6 is 11.6 Å². The molecule has 0 atom stereocenters. The molecule has 4 aliphatic rings. The molecule has 4 aromatic rings. The van der Waals surface area contributed by atoms with Gasteiger partial charge in [-0.05, 0) is 74.5 Å². The van der Waals surface area contributed by atoms with E-state index in [4.69, 9.17) is 21.1 Å². The molecule has 4 saturated carbocycles. The fraction of sp³-hybridized carbons (Fsp3) is 0.559. The lowest BCUT2D eigenvalue weighted by molar-refractivity contribution is -0.127. The Morgan fingerprint density at radius 3 is 2.44 bits per heavy atom. The van der Waals surface area contributed by atoms with Crippen LogP contribution in [0.15, 0.2) is 47.4 Å². The van der Waals surface area contributed by atoms with E-state index < -0.39 is 11.8 Å². The number of nitrogens with zero attached hydrogens (tertiary/aromatic N) is 6. The summed E-state index contributed by atoms with van der Waals surface area (Å²) >= 11 is 6.13. The summed E-state index contributed by atoms with van der Waals surface area (Å²) in [7, 11) is 0. The first-order chi connectivity index (χ1) is 21.4. The molecule has 4 aliphatic carbocycles. The minimum absolute atomic E-state index is 0.0593. The molecule has 1 amide bonds. The fourth-order valence-corrected chi connectivity index (χ4v) is 7.74. The summed E-state index contributed by atoms with van der Waals surface area (Å²) in [6.45, 7) is 6.81. The molecule has 0 spiro atoms. The number of halogens is 3. The highest BCUT2D eigenvalue weighted by molar-refractivity contribution is 6.30. The van der Waals surface area contributed by atoms with Gasteiger partial charge in [0, 0.05) is 53.6 Å². The normalized spacial score (nSPS) is 25.1. The van der Waals surface area contributed by atoms with Crippen LogP contribution in [-0.4, -0.2) is 43.1 Å². The van der Waals surface area contributed by atoms with Gasteiger partial charge in [-0.25, -0.2) is 18.3 Å². The van der Waals surface area contributed by atoms with Crippen LogP contribution in [0.3, 0.4) is 0 Å². The van der Waals surface area contributed by atoms with Crippen molar-refractivity contribution in [3.05, 3.63) is 59.6 Å². The van der Waals surface area contributed by atoms with Crippen molar-refractivity contribution < 1.29 is 18.1 Å². The summed E-state index contributed by atoms with van der Waals surface area (Å²) in [5.74, 6) is -1.71. The van der Waals surface area contributed by atoms with Crippen molar-refractivity contribution in [3.8, 4) is 11.1 Å². The minimum Gasteiger partial charge on any atom is -0.339 e. The first-order valence-corrected chi connectivity index (χ1v) is 16.4. The number of fused-ring (bicyclic) bond motifs is 4. The van der Waals surface area contributed by atoms with Crippen LogP contribution in [0.5, 0.6) is 0 Å². The van der Waals surface area contributed by atoms with Crippen LogP contribution in [-0.2, 0) is 15.6 Å². The maximum absolute atomic E-state index is 14.3. The Kier molecular flexibility index (Phi) is 7.30. The molecule has 0 saturated heterocycles. The molecule has 3 heterocycles. The van der Waals surface area contributed by atoms with Gasteiger partial charge in [0.1, 0.15) is 0 Å². The van der Waals surface area contributed by atoms with Crippen LogP contribution in [0.4, 0.5) is 14.5 Å². The van der Waals surface area contributed by atoms with Crippen LogP contribution in [0.2, 0.25) is 5.02 Å². The van der Waals surface area contributed by atoms with Gasteiger partial charge in [0.15, 0.2) is 11.5 Å². The molecule has 11 heteroatoms. The van der Waals surface area contributed by atoms with E-state index in [0.717, 1.165) is 67.1 Å². The summed E-state index contributed by atoms with van der Waals surface area (Å²) in [6, 6.07) is 7.87. The van der Waals surface area contributed by atoms with Crippen molar-refractivity contribution in [2.45, 2.75) is 102 Å². The van der Waals surface area contributed by atoms with E-state index in [9.17, 15) is 13.6 Å². The number of hydrogen-bond donors (Lipinski definition) is 0. The van der Waals surface area contributed by atoms with Gasteiger partial charge < -0.3 is 9.42 Å². The third-order valence-electron chi connectivity index (χ3n) is 10.6. The molecule has 4 fully saturated rings. The Bertz CT molecular complexity index is 1710. The zero-order valence-electron chi connectivity index (χ0n) is 26.0. The summed E-state index contributed by atoms with van der Waals surface area (Å²) in [6.07, 6.45) is 10.5. The third-order valence-corrected chi connectivity index (χ3v) is 10.8. The summed E-state index contributed by atoms with van der Waals surface area (Å²) in [5.41, 5.74) is 2.76. The average molecular weight is 637 g/mol. The third kappa shape index (κ3) is 5.64. The van der Waals surface area contributed by atoms with Crippen molar-refractivity contribution in [1.29, 1.82) is 0 Å². The van der Waals surface area contributed by atoms with Gasteiger partial charge >= 0.3 is 0 Å². The van der Waals surface area contributed by atoms with Gasteiger partial charge in [-0.1, -0.05) is 49.7 Å². The molecule has 8 nitrogen and oxygen atoms in total. The number of carbonyl (C=O) groups is 1. The second-order valence-electron chi connectivity index (χ2n) is 14.7. The predicted octanol–water partition coefficient (Wildman–Crippen LogP) is 8.18. The Morgan fingerprint density at radius 2 is 1.78 bits per heavy atom. The van der Waals surface area contributed by atoms with E-state index in [0.29, 0.717) is 17.2 Å². The number of alkyl halides is 2. The number of amides is 1. The smallest absolute Gasteiger partial charge is 0.248 e. The van der Waals surface area contributed by atoms with Gasteiger partial charge in [-0.3, -0.25) is 4.79 Å². The van der Waals surface area contributed by atoms with Gasteiger partial charge in [-0.2, -0.15) is 10.1 Å². The molecule has 0 aliphatic heterocycles. The lowest BCUT2D eigenvalue weighted by Crippen LogP contribution is -2.52. The maximum atomic E-state index is 14.3. The number of carbonyl (C=O) groups excluding carboxylic acids is 1. The van der Waals surface area contributed by atoms with Crippen LogP contribution in [0.25, 0.3) is 16.8 Å². The van der Waals surface area contributed by atoms with Crippen LogP contribution < -0.4 is 4.90 Å². The van der Waals surface area contributed by atoms with Crippen molar-refractivity contribution in [2.75, 3.05) is 11.4 Å². The Morgan fingerprint density at radius 1 is 1.07 bits per heavy atom. The molecule has 0 radical (unpaired) electrons. The van der Waals surface area contributed by atoms with E-state index >= 15 is 0 Å². The van der Waals surface area contributed by atoms with E-state index in [1.807, 2.05) is 29.2 Å². The first kappa shape index (κ1) is 30.3. The van der Waals surface area contributed by atoms with Crippen molar-refractivity contribution in [1.82, 2.24) is 24.7 Å². The zero-order valence-corrected chi connectivity index (χ0v) is 26.8. The van der Waals surface area contributed by atoms with E-state index in [1.165, 1.54) is 0 Å². The number of hydrogen-bond acceptors (Lipinski definition) is 6. The molecule has 8 rings (SSSR count). The largest absolute Gasteiger partial charge is 0.339 e. The quantitative estimate of drug-likeness (QED) is 0.212. The Labute approximate surface area is 266 Å². The standard InChI is InChI=1S/C34H39ClF2N6O2/c1-31(2,3)29-40-30(45-41-29)33-14-11-32(12-15-33,13-16-33)21-42(28(44)22-7-9-34(36,37)10-8-22)25-6-4-5-23(17-25)26-19-39-43-20-24(35)18-38-27(26)43/h4-6,17-20,22H,7-16,21H2,1-3H3. The van der Waals surface area contributed by atoms with E-state index in [2.05, 4.69) is 36.0 Å². The first-order valence-electron chi connectivity index (χ1n) is 16.0. The maximum Gasteiger partial charge on any atom is 0.248 e. The molecule has 1 aromatic carbocycles. The average Bonchev–Trinajstić information content (AvgIpc) is 3.69. The minimum atomic E-state index is -2.70. The highest BCUT2D eigenvalue weighted by Crippen LogP contribution is 2.58. The Balaban J connectivity index is 1.18. The molecular weight excluding hydrogens is 598 g/mol. The number of anilines is 1. The number of rotatable bonds is 6. The number of benzene rings is 1. The summed E-state index contributed by atoms with van der Waals surface area (Å²) < 4.78 is 35.7. The van der Waals surface area contributed by atoms with Crippen LogP contribution in [0, 0.1) is 11.3 Å². The highest BCUT2D eigenvalue weighted by atomic mass is 35.5. The highest BCUT2D eigenvalue weighted by Gasteiger charge is 2.53.